The molecule has 0 saturated heterocycles. The Balaban J connectivity index is 1.63. The second kappa shape index (κ2) is 8.89. The molecule has 2 N–H and O–H groups in total. The first-order chi connectivity index (χ1) is 12.7. The molecular formula is C20H22N2O4. The van der Waals surface area contributed by atoms with Crippen molar-refractivity contribution in [3.05, 3.63) is 72.4 Å². The molecule has 1 aromatic carbocycles. The van der Waals surface area contributed by atoms with Gasteiger partial charge in [0.1, 0.15) is 12.1 Å². The van der Waals surface area contributed by atoms with Gasteiger partial charge in [-0.15, -0.1) is 0 Å². The van der Waals surface area contributed by atoms with E-state index in [-0.39, 0.29) is 17.8 Å². The van der Waals surface area contributed by atoms with Gasteiger partial charge in [0.2, 0.25) is 5.91 Å². The van der Waals surface area contributed by atoms with Crippen LogP contribution in [0.25, 0.3) is 0 Å². The van der Waals surface area contributed by atoms with Crippen LogP contribution in [0.3, 0.4) is 0 Å². The number of furan rings is 1. The summed E-state index contributed by atoms with van der Waals surface area (Å²) in [4.78, 5) is 25.0. The van der Waals surface area contributed by atoms with E-state index in [4.69, 9.17) is 9.15 Å². The van der Waals surface area contributed by atoms with Crippen molar-refractivity contribution in [2.45, 2.75) is 31.4 Å². The molecule has 26 heavy (non-hydrogen) atoms. The van der Waals surface area contributed by atoms with Gasteiger partial charge in [0.05, 0.1) is 19.1 Å². The average Bonchev–Trinajstić information content (AvgIpc) is 3.22. The molecule has 2 heterocycles. The van der Waals surface area contributed by atoms with Crippen LogP contribution in [0, 0.1) is 0 Å². The molecule has 6 nitrogen and oxygen atoms in total. The number of hydrogen-bond acceptors (Lipinski definition) is 4. The number of ether oxygens (including phenoxy) is 1. The quantitative estimate of drug-likeness (QED) is 0.800. The van der Waals surface area contributed by atoms with Crippen LogP contribution in [0.2, 0.25) is 0 Å². The molecule has 6 heteroatoms. The largest absolute Gasteiger partial charge is 0.497 e. The maximum absolute atomic E-state index is 12.7. The SMILES string of the molecule is O=C(NC(Cc1ccccc1)C(=O)NCC1CCC=CO1)c1ccco1. The minimum absolute atomic E-state index is 0.0397. The molecule has 136 valence electrons. The fraction of sp³-hybridized carbons (Fsp3) is 0.300. The van der Waals surface area contributed by atoms with Crippen molar-refractivity contribution in [2.24, 2.45) is 0 Å². The molecule has 1 aliphatic heterocycles. The molecule has 0 aliphatic carbocycles. The van der Waals surface area contributed by atoms with Crippen LogP contribution in [0.5, 0.6) is 0 Å². The Morgan fingerprint density at radius 2 is 2.00 bits per heavy atom. The van der Waals surface area contributed by atoms with Crippen molar-refractivity contribution in [1.29, 1.82) is 0 Å². The molecule has 0 saturated carbocycles. The van der Waals surface area contributed by atoms with Gasteiger partial charge in [-0.1, -0.05) is 30.3 Å². The van der Waals surface area contributed by atoms with E-state index in [1.165, 1.54) is 6.26 Å². The lowest BCUT2D eigenvalue weighted by Crippen LogP contribution is -2.49. The third kappa shape index (κ3) is 4.99. The normalized spacial score (nSPS) is 17.2. The van der Waals surface area contributed by atoms with Gasteiger partial charge in [-0.2, -0.15) is 0 Å². The van der Waals surface area contributed by atoms with Gasteiger partial charge < -0.3 is 19.8 Å². The highest BCUT2D eigenvalue weighted by Gasteiger charge is 2.24. The number of nitrogens with one attached hydrogen (secondary N) is 2. The van der Waals surface area contributed by atoms with Crippen LogP contribution in [0.4, 0.5) is 0 Å². The summed E-state index contributed by atoms with van der Waals surface area (Å²) in [5.41, 5.74) is 0.962. The predicted molar refractivity (Wildman–Crippen MR) is 96.4 cm³/mol. The molecule has 2 amide bonds. The third-order valence-corrected chi connectivity index (χ3v) is 4.18. The third-order valence-electron chi connectivity index (χ3n) is 4.18. The van der Waals surface area contributed by atoms with Crippen molar-refractivity contribution in [3.63, 3.8) is 0 Å². The van der Waals surface area contributed by atoms with Crippen LogP contribution in [-0.4, -0.2) is 30.5 Å². The number of carbonyl (C=O) groups is 2. The standard InChI is InChI=1S/C20H22N2O4/c23-19(21-14-16-9-4-5-11-25-16)17(13-15-7-2-1-3-8-15)22-20(24)18-10-6-12-26-18/h1-3,5-8,10-12,16-17H,4,9,13-14H2,(H,21,23)(H,22,24). The molecule has 2 unspecified atom stereocenters. The summed E-state index contributed by atoms with van der Waals surface area (Å²) in [6.07, 6.45) is 7.20. The summed E-state index contributed by atoms with van der Waals surface area (Å²) < 4.78 is 10.6. The molecular weight excluding hydrogens is 332 g/mol. The van der Waals surface area contributed by atoms with Crippen molar-refractivity contribution < 1.29 is 18.7 Å². The summed E-state index contributed by atoms with van der Waals surface area (Å²) in [6.45, 7) is 0.408. The summed E-state index contributed by atoms with van der Waals surface area (Å²) in [5.74, 6) is -0.480. The Hall–Kier alpha value is -3.02. The highest BCUT2D eigenvalue weighted by Crippen LogP contribution is 2.10. The van der Waals surface area contributed by atoms with Crippen LogP contribution in [0.1, 0.15) is 29.0 Å². The van der Waals surface area contributed by atoms with E-state index in [2.05, 4.69) is 10.6 Å². The Labute approximate surface area is 152 Å². The minimum atomic E-state index is -0.700. The fourth-order valence-corrected chi connectivity index (χ4v) is 2.77. The van der Waals surface area contributed by atoms with Crippen LogP contribution in [0.15, 0.2) is 65.5 Å². The van der Waals surface area contributed by atoms with Crippen molar-refractivity contribution >= 4 is 11.8 Å². The van der Waals surface area contributed by atoms with E-state index in [1.807, 2.05) is 36.4 Å². The van der Waals surface area contributed by atoms with Crippen molar-refractivity contribution in [3.8, 4) is 0 Å². The number of amides is 2. The lowest BCUT2D eigenvalue weighted by atomic mass is 10.0. The van der Waals surface area contributed by atoms with Crippen LogP contribution in [-0.2, 0) is 16.0 Å². The van der Waals surface area contributed by atoms with Gasteiger partial charge >= 0.3 is 0 Å². The molecule has 0 spiro atoms. The van der Waals surface area contributed by atoms with Gasteiger partial charge in [0.25, 0.3) is 5.91 Å². The highest BCUT2D eigenvalue weighted by atomic mass is 16.5. The Morgan fingerprint density at radius 1 is 1.15 bits per heavy atom. The number of rotatable bonds is 7. The Bertz CT molecular complexity index is 740. The van der Waals surface area contributed by atoms with E-state index in [0.29, 0.717) is 13.0 Å². The van der Waals surface area contributed by atoms with Crippen molar-refractivity contribution in [2.75, 3.05) is 6.54 Å². The maximum atomic E-state index is 12.7. The molecule has 3 rings (SSSR count). The molecule has 0 bridgehead atoms. The molecule has 2 aromatic rings. The van der Waals surface area contributed by atoms with E-state index >= 15 is 0 Å². The lowest BCUT2D eigenvalue weighted by molar-refractivity contribution is -0.123. The highest BCUT2D eigenvalue weighted by molar-refractivity contribution is 5.95. The zero-order chi connectivity index (χ0) is 18.2. The number of hydrogen-bond donors (Lipinski definition) is 2. The van der Waals surface area contributed by atoms with Gasteiger partial charge in [0.15, 0.2) is 5.76 Å². The fourth-order valence-electron chi connectivity index (χ4n) is 2.77. The van der Waals surface area contributed by atoms with Crippen LogP contribution >= 0.6 is 0 Å². The van der Waals surface area contributed by atoms with E-state index in [9.17, 15) is 9.59 Å². The second-order valence-corrected chi connectivity index (χ2v) is 6.15. The Morgan fingerprint density at radius 3 is 2.69 bits per heavy atom. The first-order valence-electron chi connectivity index (χ1n) is 8.69. The zero-order valence-corrected chi connectivity index (χ0v) is 14.4. The average molecular weight is 354 g/mol. The maximum Gasteiger partial charge on any atom is 0.287 e. The summed E-state index contributed by atoms with van der Waals surface area (Å²) in [5, 5.41) is 5.64. The van der Waals surface area contributed by atoms with E-state index in [1.54, 1.807) is 18.4 Å². The Kier molecular flexibility index (Phi) is 6.09. The summed E-state index contributed by atoms with van der Waals surface area (Å²) in [6, 6.07) is 12.1. The molecule has 1 aromatic heterocycles. The summed E-state index contributed by atoms with van der Waals surface area (Å²) >= 11 is 0. The van der Waals surface area contributed by atoms with Crippen molar-refractivity contribution in [1.82, 2.24) is 10.6 Å². The minimum Gasteiger partial charge on any atom is -0.497 e. The van der Waals surface area contributed by atoms with Gasteiger partial charge in [-0.05, 0) is 36.6 Å². The van der Waals surface area contributed by atoms with Gasteiger partial charge in [-0.25, -0.2) is 0 Å². The van der Waals surface area contributed by atoms with Gasteiger partial charge in [-0.3, -0.25) is 9.59 Å². The lowest BCUT2D eigenvalue weighted by Gasteiger charge is -2.22. The first kappa shape index (κ1) is 17.8. The molecule has 2 atom stereocenters. The smallest absolute Gasteiger partial charge is 0.287 e. The number of allylic oxidation sites excluding steroid dienone is 1. The summed E-state index contributed by atoms with van der Waals surface area (Å²) in [7, 11) is 0. The molecule has 1 aliphatic rings. The monoisotopic (exact) mass is 354 g/mol. The van der Waals surface area contributed by atoms with E-state index < -0.39 is 11.9 Å². The van der Waals surface area contributed by atoms with E-state index in [0.717, 1.165) is 18.4 Å². The number of benzene rings is 1. The first-order valence-corrected chi connectivity index (χ1v) is 8.69. The van der Waals surface area contributed by atoms with Gasteiger partial charge in [0, 0.05) is 6.42 Å². The predicted octanol–water partition coefficient (Wildman–Crippen LogP) is 2.43. The molecule has 0 radical (unpaired) electrons. The number of carbonyl (C=O) groups excluding carboxylic acids is 2. The zero-order valence-electron chi connectivity index (χ0n) is 14.4. The topological polar surface area (TPSA) is 80.6 Å². The van der Waals surface area contributed by atoms with Crippen LogP contribution < -0.4 is 10.6 Å². The second-order valence-electron chi connectivity index (χ2n) is 6.15. The molecule has 0 fully saturated rings.